The molecule has 1 aliphatic rings. The Bertz CT molecular complexity index is 426. The smallest absolute Gasteiger partial charge is 0.246 e. The first-order chi connectivity index (χ1) is 11.1. The number of ketones is 1. The molecule has 0 saturated heterocycles. The summed E-state index contributed by atoms with van der Waals surface area (Å²) >= 11 is 0. The molecule has 130 valence electrons. The Labute approximate surface area is 139 Å². The fourth-order valence-corrected chi connectivity index (χ4v) is 2.47. The maximum atomic E-state index is 11.7. The van der Waals surface area contributed by atoms with E-state index in [1.165, 1.54) is 6.42 Å². The topological polar surface area (TPSA) is 81.4 Å². The van der Waals surface area contributed by atoms with Crippen LogP contribution in [0.3, 0.4) is 0 Å². The van der Waals surface area contributed by atoms with E-state index in [-0.39, 0.29) is 30.4 Å². The molecule has 1 rings (SSSR count). The molecule has 3 N–H and O–H groups in total. The van der Waals surface area contributed by atoms with E-state index in [2.05, 4.69) is 17.2 Å². The Morgan fingerprint density at radius 3 is 2.91 bits per heavy atom. The second-order valence-corrected chi connectivity index (χ2v) is 5.99. The van der Waals surface area contributed by atoms with Crippen LogP contribution in [0.4, 0.5) is 0 Å². The maximum Gasteiger partial charge on any atom is 0.246 e. The van der Waals surface area contributed by atoms with Gasteiger partial charge in [-0.25, -0.2) is 0 Å². The minimum absolute atomic E-state index is 0.0627. The van der Waals surface area contributed by atoms with Crippen LogP contribution in [0.1, 0.15) is 64.7 Å². The van der Waals surface area contributed by atoms with Crippen LogP contribution in [0.5, 0.6) is 0 Å². The number of carbonyl (C=O) groups is 2. The molecule has 0 saturated carbocycles. The maximum absolute atomic E-state index is 11.7. The number of amides is 1. The van der Waals surface area contributed by atoms with Crippen LogP contribution in [-0.2, 0) is 14.3 Å². The monoisotopic (exact) mass is 322 g/mol. The molecule has 5 heteroatoms. The van der Waals surface area contributed by atoms with Crippen molar-refractivity contribution in [2.75, 3.05) is 13.2 Å². The number of hydrogen-bond acceptors (Lipinski definition) is 4. The molecule has 1 aliphatic carbocycles. The second-order valence-electron chi connectivity index (χ2n) is 5.99. The Morgan fingerprint density at radius 1 is 1.30 bits per heavy atom. The number of nitrogens with two attached hydrogens (primary N) is 1. The van der Waals surface area contributed by atoms with Crippen LogP contribution in [0, 0.1) is 11.8 Å². The average molecular weight is 322 g/mol. The van der Waals surface area contributed by atoms with Gasteiger partial charge >= 0.3 is 0 Å². The van der Waals surface area contributed by atoms with Crippen molar-refractivity contribution in [3.8, 4) is 11.8 Å². The predicted molar refractivity (Wildman–Crippen MR) is 90.7 cm³/mol. The van der Waals surface area contributed by atoms with Gasteiger partial charge in [0.25, 0.3) is 0 Å². The van der Waals surface area contributed by atoms with Crippen LogP contribution in [0.2, 0.25) is 0 Å². The molecule has 1 unspecified atom stereocenters. The zero-order valence-corrected chi connectivity index (χ0v) is 14.2. The Hall–Kier alpha value is -1.38. The molecule has 0 aromatic carbocycles. The van der Waals surface area contributed by atoms with Gasteiger partial charge in [-0.3, -0.25) is 9.59 Å². The first kappa shape index (κ1) is 19.7. The van der Waals surface area contributed by atoms with Gasteiger partial charge in [0.2, 0.25) is 5.91 Å². The number of Topliss-reactive ketones (excluding diaryl/α,β-unsaturated/α-hetero) is 1. The van der Waals surface area contributed by atoms with Crippen LogP contribution >= 0.6 is 0 Å². The molecule has 0 aromatic rings. The first-order valence-electron chi connectivity index (χ1n) is 8.78. The van der Waals surface area contributed by atoms with Gasteiger partial charge in [-0.05, 0) is 38.5 Å². The van der Waals surface area contributed by atoms with Gasteiger partial charge in [0.05, 0.1) is 6.04 Å². The van der Waals surface area contributed by atoms with Crippen LogP contribution in [0.15, 0.2) is 0 Å². The number of carbonyl (C=O) groups excluding carboxylic acids is 2. The molecule has 0 fully saturated rings. The third kappa shape index (κ3) is 9.37. The lowest BCUT2D eigenvalue weighted by Crippen LogP contribution is -2.31. The summed E-state index contributed by atoms with van der Waals surface area (Å²) < 4.78 is 5.57. The molecule has 0 aromatic heterocycles. The average Bonchev–Trinajstić information content (AvgIpc) is 2.52. The Morgan fingerprint density at radius 2 is 2.13 bits per heavy atom. The minimum Gasteiger partial charge on any atom is -0.356 e. The van der Waals surface area contributed by atoms with E-state index in [4.69, 9.17) is 10.5 Å². The van der Waals surface area contributed by atoms with E-state index in [1.807, 2.05) is 6.92 Å². The summed E-state index contributed by atoms with van der Waals surface area (Å²) in [6, 6.07) is -0.364. The molecule has 0 radical (unpaired) electrons. The standard InChI is InChI=1S/C18H30N2O3/c1-2-17(21)16(19)12-8-9-13-20-18(22)14-23-15-10-6-4-3-5-7-11-15/h15-16H,2-6,8-10,12-14,19H2,1H3,(H,20,22)/t15?,16-/m1/s1. The van der Waals surface area contributed by atoms with Gasteiger partial charge in [0.1, 0.15) is 18.5 Å². The van der Waals surface area contributed by atoms with Crippen molar-refractivity contribution in [1.29, 1.82) is 0 Å². The second kappa shape index (κ2) is 12.1. The highest BCUT2D eigenvalue weighted by atomic mass is 16.5. The van der Waals surface area contributed by atoms with Crippen molar-refractivity contribution in [2.24, 2.45) is 5.73 Å². The van der Waals surface area contributed by atoms with Gasteiger partial charge < -0.3 is 15.8 Å². The molecular formula is C18H30N2O3. The zero-order chi connectivity index (χ0) is 16.9. The Kier molecular flexibility index (Phi) is 10.3. The number of hydrogen-bond donors (Lipinski definition) is 2. The van der Waals surface area contributed by atoms with Gasteiger partial charge in [0, 0.05) is 19.4 Å². The van der Waals surface area contributed by atoms with Crippen molar-refractivity contribution in [3.63, 3.8) is 0 Å². The van der Waals surface area contributed by atoms with Crippen molar-refractivity contribution in [3.05, 3.63) is 0 Å². The predicted octanol–water partition coefficient (Wildman–Crippen LogP) is 1.93. The quantitative estimate of drug-likeness (QED) is 0.476. The normalized spacial score (nSPS) is 19.0. The van der Waals surface area contributed by atoms with E-state index < -0.39 is 0 Å². The summed E-state index contributed by atoms with van der Waals surface area (Å²) in [4.78, 5) is 23.1. The van der Waals surface area contributed by atoms with Crippen LogP contribution < -0.4 is 11.1 Å². The number of rotatable bonds is 10. The zero-order valence-electron chi connectivity index (χ0n) is 14.2. The summed E-state index contributed by atoms with van der Waals surface area (Å²) in [7, 11) is 0. The van der Waals surface area contributed by atoms with E-state index in [9.17, 15) is 9.59 Å². The first-order valence-corrected chi connectivity index (χ1v) is 8.78. The van der Waals surface area contributed by atoms with E-state index in [0.717, 1.165) is 38.5 Å². The van der Waals surface area contributed by atoms with Gasteiger partial charge in [-0.2, -0.15) is 0 Å². The van der Waals surface area contributed by atoms with Gasteiger partial charge in [0.15, 0.2) is 0 Å². The van der Waals surface area contributed by atoms with E-state index in [0.29, 0.717) is 19.4 Å². The molecule has 0 bridgehead atoms. The Balaban J connectivity index is 2.06. The van der Waals surface area contributed by atoms with Crippen molar-refractivity contribution in [2.45, 2.75) is 76.9 Å². The lowest BCUT2D eigenvalue weighted by molar-refractivity contribution is -0.126. The summed E-state index contributed by atoms with van der Waals surface area (Å²) in [5.74, 6) is 6.17. The van der Waals surface area contributed by atoms with E-state index in [1.54, 1.807) is 0 Å². The van der Waals surface area contributed by atoms with Gasteiger partial charge in [-0.1, -0.05) is 19.3 Å². The highest BCUT2D eigenvalue weighted by Crippen LogP contribution is 2.10. The van der Waals surface area contributed by atoms with Crippen molar-refractivity contribution < 1.29 is 14.3 Å². The summed E-state index contributed by atoms with van der Waals surface area (Å²) in [6.07, 6.45) is 7.99. The fourth-order valence-electron chi connectivity index (χ4n) is 2.47. The lowest BCUT2D eigenvalue weighted by atomic mass is 10.0. The van der Waals surface area contributed by atoms with Crippen molar-refractivity contribution in [1.82, 2.24) is 5.32 Å². The lowest BCUT2D eigenvalue weighted by Gasteiger charge is -2.14. The molecular weight excluding hydrogens is 292 g/mol. The SMILES string of the molecule is CCC(=O)[C@H](N)CCCCNC(=O)COC1C#CCCCCC1. The number of unbranched alkanes of at least 4 members (excludes halogenated alkanes) is 1. The number of ether oxygens (including phenoxy) is 1. The molecule has 0 spiro atoms. The summed E-state index contributed by atoms with van der Waals surface area (Å²) in [5.41, 5.74) is 5.75. The molecule has 0 aliphatic heterocycles. The third-order valence-electron chi connectivity index (χ3n) is 3.97. The van der Waals surface area contributed by atoms with Crippen LogP contribution in [0.25, 0.3) is 0 Å². The number of nitrogens with one attached hydrogen (secondary N) is 1. The molecule has 2 atom stereocenters. The highest BCUT2D eigenvalue weighted by molar-refractivity contribution is 5.83. The minimum atomic E-state index is -0.364. The largest absolute Gasteiger partial charge is 0.356 e. The van der Waals surface area contributed by atoms with Crippen LogP contribution in [-0.4, -0.2) is 37.0 Å². The van der Waals surface area contributed by atoms with Crippen molar-refractivity contribution >= 4 is 11.7 Å². The highest BCUT2D eigenvalue weighted by Gasteiger charge is 2.11. The molecule has 1 amide bonds. The van der Waals surface area contributed by atoms with Gasteiger partial charge in [-0.15, -0.1) is 5.92 Å². The summed E-state index contributed by atoms with van der Waals surface area (Å²) in [5, 5.41) is 2.83. The fraction of sp³-hybridized carbons (Fsp3) is 0.778. The van der Waals surface area contributed by atoms with E-state index >= 15 is 0 Å². The molecule has 0 heterocycles. The molecule has 23 heavy (non-hydrogen) atoms. The summed E-state index contributed by atoms with van der Waals surface area (Å²) in [6.45, 7) is 2.47. The third-order valence-corrected chi connectivity index (χ3v) is 3.97. The molecule has 5 nitrogen and oxygen atoms in total.